The van der Waals surface area contributed by atoms with E-state index in [0.29, 0.717) is 6.42 Å². The molecule has 1 aromatic heterocycles. The lowest BCUT2D eigenvalue weighted by molar-refractivity contribution is -0.142. The first kappa shape index (κ1) is 17.6. The third-order valence-electron chi connectivity index (χ3n) is 3.10. The number of carbonyl (C=O) groups is 3. The Balaban J connectivity index is 2.64. The second-order valence-electron chi connectivity index (χ2n) is 5.39. The largest absolute Gasteiger partial charge is 0.481 e. The van der Waals surface area contributed by atoms with Crippen LogP contribution in [0.2, 0.25) is 0 Å². The number of aliphatic carboxylic acids is 1. The molecule has 1 aromatic rings. The molecule has 0 aliphatic carbocycles. The number of aromatic nitrogens is 1. The van der Waals surface area contributed by atoms with E-state index < -0.39 is 17.8 Å². The number of carboxylic acids is 1. The molecule has 0 saturated carbocycles. The van der Waals surface area contributed by atoms with Gasteiger partial charge in [0.25, 0.3) is 11.8 Å². The van der Waals surface area contributed by atoms with Gasteiger partial charge < -0.3 is 15.7 Å². The summed E-state index contributed by atoms with van der Waals surface area (Å²) in [7, 11) is 1.49. The maximum atomic E-state index is 12.0. The first-order valence-electron chi connectivity index (χ1n) is 7.04. The van der Waals surface area contributed by atoms with Gasteiger partial charge >= 0.3 is 5.97 Å². The third-order valence-corrected chi connectivity index (χ3v) is 3.10. The van der Waals surface area contributed by atoms with E-state index in [4.69, 9.17) is 5.11 Å². The van der Waals surface area contributed by atoms with E-state index in [0.717, 1.165) is 0 Å². The zero-order valence-corrected chi connectivity index (χ0v) is 12.9. The van der Waals surface area contributed by atoms with Crippen LogP contribution in [-0.4, -0.2) is 41.5 Å². The topological polar surface area (TPSA) is 108 Å². The van der Waals surface area contributed by atoms with Crippen LogP contribution in [0.3, 0.4) is 0 Å². The van der Waals surface area contributed by atoms with Gasteiger partial charge in [0.2, 0.25) is 0 Å². The smallest absolute Gasteiger partial charge is 0.308 e. The molecule has 0 bridgehead atoms. The average molecular weight is 307 g/mol. The number of hydrogen-bond donors (Lipinski definition) is 3. The Hall–Kier alpha value is -2.44. The van der Waals surface area contributed by atoms with Crippen molar-refractivity contribution >= 4 is 17.8 Å². The predicted molar refractivity (Wildman–Crippen MR) is 80.5 cm³/mol. The number of rotatable bonds is 7. The van der Waals surface area contributed by atoms with Gasteiger partial charge in [-0.15, -0.1) is 0 Å². The van der Waals surface area contributed by atoms with Crippen LogP contribution < -0.4 is 10.6 Å². The van der Waals surface area contributed by atoms with Gasteiger partial charge in [0.1, 0.15) is 5.69 Å². The number of hydrogen-bond acceptors (Lipinski definition) is 4. The second-order valence-corrected chi connectivity index (χ2v) is 5.39. The molecule has 0 saturated heterocycles. The van der Waals surface area contributed by atoms with Gasteiger partial charge in [0.05, 0.1) is 11.5 Å². The number of amides is 2. The van der Waals surface area contributed by atoms with E-state index in [1.807, 2.05) is 13.8 Å². The van der Waals surface area contributed by atoms with Crippen LogP contribution in [0, 0.1) is 11.8 Å². The van der Waals surface area contributed by atoms with Gasteiger partial charge in [0, 0.05) is 19.8 Å². The lowest BCUT2D eigenvalue weighted by atomic mass is 9.97. The van der Waals surface area contributed by atoms with Crippen LogP contribution in [0.5, 0.6) is 0 Å². The predicted octanol–water partition coefficient (Wildman–Crippen LogP) is 0.918. The zero-order valence-electron chi connectivity index (χ0n) is 12.9. The lowest BCUT2D eigenvalue weighted by Gasteiger charge is -2.15. The minimum atomic E-state index is -0.929. The van der Waals surface area contributed by atoms with Crippen LogP contribution in [0.15, 0.2) is 18.3 Å². The molecule has 3 N–H and O–H groups in total. The minimum absolute atomic E-state index is 0.0591. The average Bonchev–Trinajstić information content (AvgIpc) is 2.49. The Morgan fingerprint density at radius 3 is 2.36 bits per heavy atom. The van der Waals surface area contributed by atoms with Gasteiger partial charge in [-0.05, 0) is 24.5 Å². The number of carbonyl (C=O) groups excluding carboxylic acids is 2. The van der Waals surface area contributed by atoms with E-state index in [9.17, 15) is 14.4 Å². The van der Waals surface area contributed by atoms with Crippen LogP contribution in [0.1, 0.15) is 41.1 Å². The summed E-state index contributed by atoms with van der Waals surface area (Å²) in [6.45, 7) is 3.92. The molecule has 120 valence electrons. The zero-order chi connectivity index (χ0) is 16.7. The SMILES string of the molecule is CNC(=O)c1ccc(C(=O)NCC(CC(C)C)C(=O)O)cn1. The normalized spacial score (nSPS) is 11.8. The van der Waals surface area contributed by atoms with Crippen LogP contribution >= 0.6 is 0 Å². The summed E-state index contributed by atoms with van der Waals surface area (Å²) in [6, 6.07) is 2.92. The van der Waals surface area contributed by atoms with Gasteiger partial charge in [-0.25, -0.2) is 0 Å². The molecular weight excluding hydrogens is 286 g/mol. The third kappa shape index (κ3) is 5.16. The Morgan fingerprint density at radius 1 is 1.23 bits per heavy atom. The standard InChI is InChI=1S/C15H21N3O4/c1-9(2)6-11(15(21)22)8-18-13(19)10-4-5-12(17-7-10)14(20)16-3/h4-5,7,9,11H,6,8H2,1-3H3,(H,16,20)(H,18,19)(H,21,22). The number of pyridine rings is 1. The first-order chi connectivity index (χ1) is 10.3. The molecular formula is C15H21N3O4. The Kier molecular flexibility index (Phi) is 6.49. The molecule has 1 atom stereocenters. The minimum Gasteiger partial charge on any atom is -0.481 e. The summed E-state index contributed by atoms with van der Waals surface area (Å²) in [6.07, 6.45) is 1.78. The monoisotopic (exact) mass is 307 g/mol. The van der Waals surface area contributed by atoms with Crippen molar-refractivity contribution in [2.24, 2.45) is 11.8 Å². The van der Waals surface area contributed by atoms with Gasteiger partial charge in [0.15, 0.2) is 0 Å². The fourth-order valence-electron chi connectivity index (χ4n) is 1.95. The fourth-order valence-corrected chi connectivity index (χ4v) is 1.95. The molecule has 1 rings (SSSR count). The maximum Gasteiger partial charge on any atom is 0.308 e. The number of nitrogens with zero attached hydrogens (tertiary/aromatic N) is 1. The van der Waals surface area contributed by atoms with E-state index in [2.05, 4.69) is 15.6 Å². The second kappa shape index (κ2) is 8.11. The van der Waals surface area contributed by atoms with Crippen molar-refractivity contribution < 1.29 is 19.5 Å². The van der Waals surface area contributed by atoms with E-state index in [1.165, 1.54) is 25.4 Å². The highest BCUT2D eigenvalue weighted by molar-refractivity contribution is 5.96. The highest BCUT2D eigenvalue weighted by Gasteiger charge is 2.20. The first-order valence-corrected chi connectivity index (χ1v) is 7.04. The Labute approximate surface area is 129 Å². The van der Waals surface area contributed by atoms with Gasteiger partial charge in [-0.1, -0.05) is 13.8 Å². The molecule has 0 aromatic carbocycles. The fraction of sp³-hybridized carbons (Fsp3) is 0.467. The summed E-state index contributed by atoms with van der Waals surface area (Å²) >= 11 is 0. The van der Waals surface area contributed by atoms with Crippen molar-refractivity contribution in [2.45, 2.75) is 20.3 Å². The molecule has 2 amide bonds. The summed E-state index contributed by atoms with van der Waals surface area (Å²) in [5.41, 5.74) is 0.489. The molecule has 1 heterocycles. The Morgan fingerprint density at radius 2 is 1.91 bits per heavy atom. The number of carboxylic acid groups (broad SMARTS) is 1. The number of nitrogens with one attached hydrogen (secondary N) is 2. The van der Waals surface area contributed by atoms with Gasteiger partial charge in [-0.3, -0.25) is 19.4 Å². The quantitative estimate of drug-likeness (QED) is 0.694. The Bertz CT molecular complexity index is 540. The lowest BCUT2D eigenvalue weighted by Crippen LogP contribution is -2.33. The summed E-state index contributed by atoms with van der Waals surface area (Å²) in [5, 5.41) is 14.1. The van der Waals surface area contributed by atoms with E-state index in [1.54, 1.807) is 0 Å². The summed E-state index contributed by atoms with van der Waals surface area (Å²) in [4.78, 5) is 38.3. The highest BCUT2D eigenvalue weighted by Crippen LogP contribution is 2.11. The van der Waals surface area contributed by atoms with Crippen molar-refractivity contribution in [2.75, 3.05) is 13.6 Å². The summed E-state index contributed by atoms with van der Waals surface area (Å²) in [5.74, 6) is -2.07. The maximum absolute atomic E-state index is 12.0. The van der Waals surface area contributed by atoms with Gasteiger partial charge in [-0.2, -0.15) is 0 Å². The van der Waals surface area contributed by atoms with Crippen molar-refractivity contribution in [3.63, 3.8) is 0 Å². The molecule has 0 spiro atoms. The molecule has 22 heavy (non-hydrogen) atoms. The van der Waals surface area contributed by atoms with E-state index >= 15 is 0 Å². The molecule has 0 aliphatic heterocycles. The molecule has 0 fully saturated rings. The van der Waals surface area contributed by atoms with Crippen LogP contribution in [-0.2, 0) is 4.79 Å². The molecule has 7 heteroatoms. The highest BCUT2D eigenvalue weighted by atomic mass is 16.4. The van der Waals surface area contributed by atoms with Crippen molar-refractivity contribution in [3.8, 4) is 0 Å². The van der Waals surface area contributed by atoms with Crippen LogP contribution in [0.25, 0.3) is 0 Å². The van der Waals surface area contributed by atoms with Crippen molar-refractivity contribution in [1.82, 2.24) is 15.6 Å². The van der Waals surface area contributed by atoms with Crippen LogP contribution in [0.4, 0.5) is 0 Å². The van der Waals surface area contributed by atoms with Crippen molar-refractivity contribution in [3.05, 3.63) is 29.6 Å². The molecule has 1 unspecified atom stereocenters. The molecule has 7 nitrogen and oxygen atoms in total. The molecule has 0 aliphatic rings. The van der Waals surface area contributed by atoms with Crippen molar-refractivity contribution in [1.29, 1.82) is 0 Å². The summed E-state index contributed by atoms with van der Waals surface area (Å²) < 4.78 is 0. The molecule has 0 radical (unpaired) electrons. The van der Waals surface area contributed by atoms with E-state index in [-0.39, 0.29) is 29.6 Å².